The largest absolute Gasteiger partial charge is 0.386 e. The van der Waals surface area contributed by atoms with Crippen molar-refractivity contribution in [1.82, 2.24) is 19.7 Å². The topological polar surface area (TPSA) is 95.8 Å². The molecule has 0 aliphatic heterocycles. The van der Waals surface area contributed by atoms with Gasteiger partial charge in [0.05, 0.1) is 17.8 Å². The number of nitrogens with one attached hydrogen (secondary N) is 2. The number of fused-ring (bicyclic) bond motifs is 1. The van der Waals surface area contributed by atoms with Crippen molar-refractivity contribution in [2.24, 2.45) is 0 Å². The molecule has 1 atom stereocenters. The Balaban J connectivity index is 1.87. The molecule has 3 aromatic rings. The summed E-state index contributed by atoms with van der Waals surface area (Å²) in [4.78, 5) is 19.2. The molecule has 1 unspecified atom stereocenters. The van der Waals surface area contributed by atoms with E-state index in [1.807, 2.05) is 20.8 Å². The van der Waals surface area contributed by atoms with Crippen molar-refractivity contribution in [3.05, 3.63) is 52.2 Å². The standard InChI is InChI=1S/C17H20FN5O2/c1-17(2,3)23-14-11(8-20-23)15(25)22-16(21-14)19-9-13(24)10-6-4-5-7-12(10)18/h4-8,13,24H,9H2,1-3H3,(H2,19,21,22,25). The lowest BCUT2D eigenvalue weighted by Crippen LogP contribution is -2.24. The summed E-state index contributed by atoms with van der Waals surface area (Å²) in [5.41, 5.74) is -0.0485. The lowest BCUT2D eigenvalue weighted by molar-refractivity contribution is 0.186. The van der Waals surface area contributed by atoms with E-state index in [0.29, 0.717) is 11.0 Å². The molecule has 132 valence electrons. The van der Waals surface area contributed by atoms with E-state index < -0.39 is 11.9 Å². The SMILES string of the molecule is CC(C)(C)n1ncc2c(=O)[nH]c(NCC(O)c3ccccc3F)nc21. The second kappa shape index (κ2) is 6.29. The van der Waals surface area contributed by atoms with Crippen LogP contribution in [0.2, 0.25) is 0 Å². The van der Waals surface area contributed by atoms with Crippen molar-refractivity contribution in [3.8, 4) is 0 Å². The first kappa shape index (κ1) is 17.1. The Hall–Kier alpha value is -2.74. The predicted molar refractivity (Wildman–Crippen MR) is 93.0 cm³/mol. The van der Waals surface area contributed by atoms with Gasteiger partial charge < -0.3 is 10.4 Å². The smallest absolute Gasteiger partial charge is 0.263 e. The molecule has 1 aromatic carbocycles. The van der Waals surface area contributed by atoms with Gasteiger partial charge in [0.1, 0.15) is 11.2 Å². The quantitative estimate of drug-likeness (QED) is 0.673. The Labute approximate surface area is 143 Å². The highest BCUT2D eigenvalue weighted by Crippen LogP contribution is 2.20. The van der Waals surface area contributed by atoms with E-state index in [0.717, 1.165) is 0 Å². The molecule has 2 heterocycles. The summed E-state index contributed by atoms with van der Waals surface area (Å²) in [5, 5.41) is 17.6. The Kier molecular flexibility index (Phi) is 4.30. The van der Waals surface area contributed by atoms with Gasteiger partial charge in [0, 0.05) is 12.1 Å². The Morgan fingerprint density at radius 1 is 1.36 bits per heavy atom. The monoisotopic (exact) mass is 345 g/mol. The van der Waals surface area contributed by atoms with Crippen LogP contribution in [0.3, 0.4) is 0 Å². The van der Waals surface area contributed by atoms with Crippen molar-refractivity contribution in [2.45, 2.75) is 32.4 Å². The number of halogens is 1. The highest BCUT2D eigenvalue weighted by atomic mass is 19.1. The van der Waals surface area contributed by atoms with Crippen LogP contribution in [0, 0.1) is 5.82 Å². The lowest BCUT2D eigenvalue weighted by Gasteiger charge is -2.20. The summed E-state index contributed by atoms with van der Waals surface area (Å²) < 4.78 is 15.4. The molecule has 2 aromatic heterocycles. The Morgan fingerprint density at radius 2 is 2.08 bits per heavy atom. The van der Waals surface area contributed by atoms with Crippen LogP contribution in [0.5, 0.6) is 0 Å². The van der Waals surface area contributed by atoms with Gasteiger partial charge in [-0.3, -0.25) is 9.78 Å². The van der Waals surface area contributed by atoms with E-state index >= 15 is 0 Å². The van der Waals surface area contributed by atoms with Gasteiger partial charge >= 0.3 is 0 Å². The number of aromatic nitrogens is 4. The van der Waals surface area contributed by atoms with E-state index in [4.69, 9.17) is 0 Å². The third-order valence-electron chi connectivity index (χ3n) is 3.80. The molecule has 0 aliphatic carbocycles. The predicted octanol–water partition coefficient (Wildman–Crippen LogP) is 2.16. The van der Waals surface area contributed by atoms with Crippen LogP contribution in [-0.2, 0) is 5.54 Å². The van der Waals surface area contributed by atoms with Crippen molar-refractivity contribution in [2.75, 3.05) is 11.9 Å². The molecule has 3 rings (SSSR count). The fourth-order valence-corrected chi connectivity index (χ4v) is 2.54. The fraction of sp³-hybridized carbons (Fsp3) is 0.353. The van der Waals surface area contributed by atoms with Gasteiger partial charge in [-0.1, -0.05) is 18.2 Å². The molecule has 0 saturated carbocycles. The molecule has 25 heavy (non-hydrogen) atoms. The highest BCUT2D eigenvalue weighted by Gasteiger charge is 2.20. The zero-order chi connectivity index (χ0) is 18.2. The van der Waals surface area contributed by atoms with Gasteiger partial charge in [0.2, 0.25) is 5.95 Å². The first-order valence-corrected chi connectivity index (χ1v) is 7.92. The zero-order valence-corrected chi connectivity index (χ0v) is 14.2. The van der Waals surface area contributed by atoms with Crippen LogP contribution < -0.4 is 10.9 Å². The van der Waals surface area contributed by atoms with Crippen molar-refractivity contribution >= 4 is 17.0 Å². The maximum Gasteiger partial charge on any atom is 0.263 e. The van der Waals surface area contributed by atoms with Gasteiger partial charge in [-0.25, -0.2) is 9.07 Å². The molecule has 0 radical (unpaired) electrons. The number of hydrogen-bond donors (Lipinski definition) is 3. The summed E-state index contributed by atoms with van der Waals surface area (Å²) in [6.45, 7) is 5.87. The molecule has 8 heteroatoms. The fourth-order valence-electron chi connectivity index (χ4n) is 2.54. The van der Waals surface area contributed by atoms with E-state index in [9.17, 15) is 14.3 Å². The van der Waals surface area contributed by atoms with Gasteiger partial charge in [-0.05, 0) is 26.8 Å². The molecular weight excluding hydrogens is 325 g/mol. The molecule has 0 spiro atoms. The molecule has 0 saturated heterocycles. The molecule has 0 bridgehead atoms. The highest BCUT2D eigenvalue weighted by molar-refractivity contribution is 5.74. The van der Waals surface area contributed by atoms with Crippen LogP contribution in [0.1, 0.15) is 32.4 Å². The van der Waals surface area contributed by atoms with Crippen molar-refractivity contribution < 1.29 is 9.50 Å². The van der Waals surface area contributed by atoms with Crippen LogP contribution in [0.25, 0.3) is 11.0 Å². The third-order valence-corrected chi connectivity index (χ3v) is 3.80. The minimum absolute atomic E-state index is 0.000957. The molecule has 7 nitrogen and oxygen atoms in total. The number of aliphatic hydroxyl groups excluding tert-OH is 1. The first-order chi connectivity index (χ1) is 11.8. The molecule has 0 aliphatic rings. The maximum absolute atomic E-state index is 13.7. The average molecular weight is 345 g/mol. The Morgan fingerprint density at radius 3 is 2.76 bits per heavy atom. The van der Waals surface area contributed by atoms with Gasteiger partial charge in [-0.2, -0.15) is 10.1 Å². The van der Waals surface area contributed by atoms with E-state index in [1.165, 1.54) is 18.3 Å². The minimum Gasteiger partial charge on any atom is -0.386 e. The molecule has 3 N–H and O–H groups in total. The van der Waals surface area contributed by atoms with Crippen LogP contribution >= 0.6 is 0 Å². The van der Waals surface area contributed by atoms with Crippen LogP contribution in [0.15, 0.2) is 35.3 Å². The van der Waals surface area contributed by atoms with Gasteiger partial charge in [0.15, 0.2) is 5.65 Å². The van der Waals surface area contributed by atoms with Crippen LogP contribution in [-0.4, -0.2) is 31.4 Å². The molecular formula is C17H20FN5O2. The zero-order valence-electron chi connectivity index (χ0n) is 14.2. The van der Waals surface area contributed by atoms with E-state index in [-0.39, 0.29) is 29.2 Å². The van der Waals surface area contributed by atoms with E-state index in [2.05, 4.69) is 20.4 Å². The third kappa shape index (κ3) is 3.39. The van der Waals surface area contributed by atoms with Crippen molar-refractivity contribution in [3.63, 3.8) is 0 Å². The summed E-state index contributed by atoms with van der Waals surface area (Å²) >= 11 is 0. The van der Waals surface area contributed by atoms with Gasteiger partial charge in [0.25, 0.3) is 5.56 Å². The van der Waals surface area contributed by atoms with E-state index in [1.54, 1.807) is 16.8 Å². The number of nitrogens with zero attached hydrogens (tertiary/aromatic N) is 3. The summed E-state index contributed by atoms with van der Waals surface area (Å²) in [7, 11) is 0. The van der Waals surface area contributed by atoms with Crippen LogP contribution in [0.4, 0.5) is 10.3 Å². The van der Waals surface area contributed by atoms with Gasteiger partial charge in [-0.15, -0.1) is 0 Å². The summed E-state index contributed by atoms with van der Waals surface area (Å²) in [5.74, 6) is -0.293. The number of rotatable bonds is 4. The first-order valence-electron chi connectivity index (χ1n) is 7.92. The number of aliphatic hydroxyl groups is 1. The second-order valence-corrected chi connectivity index (χ2v) is 6.80. The number of H-pyrrole nitrogens is 1. The number of hydrogen-bond acceptors (Lipinski definition) is 5. The number of aromatic amines is 1. The molecule has 0 fully saturated rings. The Bertz CT molecular complexity index is 958. The minimum atomic E-state index is -1.07. The molecule has 0 amide bonds. The summed E-state index contributed by atoms with van der Waals surface area (Å²) in [6, 6.07) is 6.00. The number of benzene rings is 1. The summed E-state index contributed by atoms with van der Waals surface area (Å²) in [6.07, 6.45) is 0.402. The normalized spacial score (nSPS) is 13.2. The average Bonchev–Trinajstić information content (AvgIpc) is 2.98. The lowest BCUT2D eigenvalue weighted by atomic mass is 10.1. The maximum atomic E-state index is 13.7. The second-order valence-electron chi connectivity index (χ2n) is 6.80. The number of anilines is 1. The van der Waals surface area contributed by atoms with Crippen molar-refractivity contribution in [1.29, 1.82) is 0 Å².